The molecule has 1 aromatic heterocycles. The van der Waals surface area contributed by atoms with Crippen LogP contribution in [0.25, 0.3) is 0 Å². The van der Waals surface area contributed by atoms with E-state index in [0.29, 0.717) is 12.4 Å². The van der Waals surface area contributed by atoms with Gasteiger partial charge in [0.15, 0.2) is 0 Å². The van der Waals surface area contributed by atoms with Crippen molar-refractivity contribution in [2.75, 3.05) is 17.2 Å². The summed E-state index contributed by atoms with van der Waals surface area (Å²) in [5.41, 5.74) is 5.58. The molecule has 0 aliphatic carbocycles. The van der Waals surface area contributed by atoms with Crippen LogP contribution >= 0.6 is 11.6 Å². The number of carbonyl (C=O) groups is 1. The molecule has 1 aliphatic heterocycles. The Hall–Kier alpha value is -1.76. The third-order valence-electron chi connectivity index (χ3n) is 3.20. The molecule has 0 radical (unpaired) electrons. The highest BCUT2D eigenvalue weighted by molar-refractivity contribution is 6.29. The number of hydrogen-bond acceptors (Lipinski definition) is 5. The molecule has 0 aromatic carbocycles. The van der Waals surface area contributed by atoms with Gasteiger partial charge < -0.3 is 21.1 Å². The van der Waals surface area contributed by atoms with Gasteiger partial charge in [0.05, 0.1) is 0 Å². The second-order valence-corrected chi connectivity index (χ2v) is 5.02. The van der Waals surface area contributed by atoms with Crippen LogP contribution in [0.2, 0.25) is 5.15 Å². The molecule has 0 bridgehead atoms. The van der Waals surface area contributed by atoms with E-state index in [0.717, 1.165) is 12.8 Å². The molecule has 4 N–H and O–H groups in total. The molecular weight excluding hydrogens is 270 g/mol. The SMILES string of the molecule is CC1CCC(NC(=O)O)CN1c1cc(Cl)nc(N)n1. The minimum Gasteiger partial charge on any atom is -0.465 e. The van der Waals surface area contributed by atoms with Crippen molar-refractivity contribution >= 4 is 29.5 Å². The van der Waals surface area contributed by atoms with Gasteiger partial charge in [0.2, 0.25) is 5.95 Å². The Balaban J connectivity index is 2.18. The lowest BCUT2D eigenvalue weighted by Gasteiger charge is -2.38. The van der Waals surface area contributed by atoms with Crippen molar-refractivity contribution in [2.24, 2.45) is 0 Å². The van der Waals surface area contributed by atoms with Gasteiger partial charge in [-0.05, 0) is 19.8 Å². The number of carboxylic acid groups (broad SMARTS) is 1. The summed E-state index contributed by atoms with van der Waals surface area (Å²) in [6.07, 6.45) is 0.657. The highest BCUT2D eigenvalue weighted by atomic mass is 35.5. The Bertz CT molecular complexity index is 464. The van der Waals surface area contributed by atoms with Gasteiger partial charge in [-0.3, -0.25) is 0 Å². The molecule has 2 rings (SSSR count). The lowest BCUT2D eigenvalue weighted by atomic mass is 9.99. The molecule has 1 amide bonds. The normalized spacial score (nSPS) is 23.2. The number of hydrogen-bond donors (Lipinski definition) is 3. The van der Waals surface area contributed by atoms with Crippen LogP contribution in [0.5, 0.6) is 0 Å². The number of nitrogens with two attached hydrogens (primary N) is 1. The van der Waals surface area contributed by atoms with Gasteiger partial charge in [-0.2, -0.15) is 4.98 Å². The summed E-state index contributed by atoms with van der Waals surface area (Å²) in [5.74, 6) is 0.741. The standard InChI is InChI=1S/C11H16ClN5O2/c1-6-2-3-7(14-11(18)19)5-17(6)9-4-8(12)15-10(13)16-9/h4,6-7,14H,2-3,5H2,1H3,(H,18,19)(H2,13,15,16). The summed E-state index contributed by atoms with van der Waals surface area (Å²) < 4.78 is 0. The van der Waals surface area contributed by atoms with Gasteiger partial charge in [0.1, 0.15) is 11.0 Å². The molecule has 8 heteroatoms. The number of nitrogens with zero attached hydrogens (tertiary/aromatic N) is 3. The predicted octanol–water partition coefficient (Wildman–Crippen LogP) is 1.34. The van der Waals surface area contributed by atoms with Gasteiger partial charge in [-0.1, -0.05) is 11.6 Å². The fraction of sp³-hybridized carbons (Fsp3) is 0.545. The molecule has 0 saturated carbocycles. The monoisotopic (exact) mass is 285 g/mol. The van der Waals surface area contributed by atoms with Crippen LogP contribution < -0.4 is 16.0 Å². The van der Waals surface area contributed by atoms with Crippen LogP contribution in [-0.2, 0) is 0 Å². The maximum Gasteiger partial charge on any atom is 0.404 e. The summed E-state index contributed by atoms with van der Waals surface area (Å²) in [6.45, 7) is 2.60. The molecule has 1 saturated heterocycles. The summed E-state index contributed by atoms with van der Waals surface area (Å²) in [5, 5.41) is 11.6. The molecular formula is C11H16ClN5O2. The summed E-state index contributed by atoms with van der Waals surface area (Å²) in [7, 11) is 0. The Morgan fingerprint density at radius 3 is 2.95 bits per heavy atom. The number of rotatable bonds is 2. The molecule has 1 fully saturated rings. The van der Waals surface area contributed by atoms with Crippen LogP contribution in [0.4, 0.5) is 16.6 Å². The lowest BCUT2D eigenvalue weighted by molar-refractivity contribution is 0.187. The first-order valence-electron chi connectivity index (χ1n) is 6.02. The minimum atomic E-state index is -1.01. The molecule has 2 unspecified atom stereocenters. The van der Waals surface area contributed by atoms with Gasteiger partial charge in [-0.25, -0.2) is 9.78 Å². The quantitative estimate of drug-likeness (QED) is 0.708. The summed E-state index contributed by atoms with van der Waals surface area (Å²) in [6, 6.07) is 1.76. The molecule has 19 heavy (non-hydrogen) atoms. The van der Waals surface area contributed by atoms with Crippen LogP contribution in [0, 0.1) is 0 Å². The van der Waals surface area contributed by atoms with Crippen LogP contribution in [0.3, 0.4) is 0 Å². The highest BCUT2D eigenvalue weighted by Crippen LogP contribution is 2.25. The number of amides is 1. The highest BCUT2D eigenvalue weighted by Gasteiger charge is 2.27. The second kappa shape index (κ2) is 5.48. The van der Waals surface area contributed by atoms with Crippen LogP contribution in [0.1, 0.15) is 19.8 Å². The first-order chi connectivity index (χ1) is 8.95. The average Bonchev–Trinajstić information content (AvgIpc) is 2.29. The maximum absolute atomic E-state index is 10.7. The first kappa shape index (κ1) is 13.7. The van der Waals surface area contributed by atoms with Crippen molar-refractivity contribution in [2.45, 2.75) is 31.8 Å². The average molecular weight is 286 g/mol. The van der Waals surface area contributed by atoms with E-state index in [2.05, 4.69) is 22.2 Å². The predicted molar refractivity (Wildman–Crippen MR) is 72.4 cm³/mol. The molecule has 2 atom stereocenters. The third-order valence-corrected chi connectivity index (χ3v) is 3.40. The van der Waals surface area contributed by atoms with Crippen molar-refractivity contribution < 1.29 is 9.90 Å². The Kier molecular flexibility index (Phi) is 3.94. The Labute approximate surface area is 115 Å². The van der Waals surface area contributed by atoms with Crippen molar-refractivity contribution in [3.05, 3.63) is 11.2 Å². The minimum absolute atomic E-state index is 0.114. The Morgan fingerprint density at radius 1 is 1.58 bits per heavy atom. The molecule has 104 valence electrons. The molecule has 1 aliphatic rings. The van der Waals surface area contributed by atoms with Gasteiger partial charge >= 0.3 is 6.09 Å². The summed E-state index contributed by atoms with van der Waals surface area (Å²) in [4.78, 5) is 20.7. The van der Waals surface area contributed by atoms with Crippen molar-refractivity contribution in [1.82, 2.24) is 15.3 Å². The largest absolute Gasteiger partial charge is 0.465 e. The fourth-order valence-electron chi connectivity index (χ4n) is 2.29. The number of halogens is 1. The number of nitrogen functional groups attached to an aromatic ring is 1. The second-order valence-electron chi connectivity index (χ2n) is 4.63. The molecule has 2 heterocycles. The lowest BCUT2D eigenvalue weighted by Crippen LogP contribution is -2.51. The molecule has 7 nitrogen and oxygen atoms in total. The van der Waals surface area contributed by atoms with E-state index in [4.69, 9.17) is 22.4 Å². The zero-order chi connectivity index (χ0) is 14.0. The van der Waals surface area contributed by atoms with E-state index in [1.165, 1.54) is 0 Å². The van der Waals surface area contributed by atoms with Crippen molar-refractivity contribution in [1.29, 1.82) is 0 Å². The van der Waals surface area contributed by atoms with Gasteiger partial charge in [-0.15, -0.1) is 0 Å². The number of anilines is 2. The topological polar surface area (TPSA) is 104 Å². The van der Waals surface area contributed by atoms with E-state index in [1.807, 2.05) is 4.90 Å². The first-order valence-corrected chi connectivity index (χ1v) is 6.39. The third kappa shape index (κ3) is 3.37. The van der Waals surface area contributed by atoms with Crippen LogP contribution in [0.15, 0.2) is 6.07 Å². The van der Waals surface area contributed by atoms with Gasteiger partial charge in [0, 0.05) is 24.7 Å². The van der Waals surface area contributed by atoms with Crippen LogP contribution in [-0.4, -0.2) is 39.8 Å². The zero-order valence-electron chi connectivity index (χ0n) is 10.5. The fourth-order valence-corrected chi connectivity index (χ4v) is 2.47. The van der Waals surface area contributed by atoms with Crippen molar-refractivity contribution in [3.8, 4) is 0 Å². The maximum atomic E-state index is 10.7. The number of nitrogens with one attached hydrogen (secondary N) is 1. The summed E-state index contributed by atoms with van der Waals surface area (Å²) >= 11 is 5.87. The number of piperidine rings is 1. The van der Waals surface area contributed by atoms with E-state index >= 15 is 0 Å². The Morgan fingerprint density at radius 2 is 2.32 bits per heavy atom. The molecule has 0 spiro atoms. The van der Waals surface area contributed by atoms with Crippen molar-refractivity contribution in [3.63, 3.8) is 0 Å². The zero-order valence-corrected chi connectivity index (χ0v) is 11.3. The van der Waals surface area contributed by atoms with E-state index in [-0.39, 0.29) is 23.2 Å². The van der Waals surface area contributed by atoms with E-state index in [1.54, 1.807) is 6.07 Å². The van der Waals surface area contributed by atoms with Gasteiger partial charge in [0.25, 0.3) is 0 Å². The van der Waals surface area contributed by atoms with E-state index < -0.39 is 6.09 Å². The van der Waals surface area contributed by atoms with E-state index in [9.17, 15) is 4.79 Å². The molecule has 1 aromatic rings. The number of aromatic nitrogens is 2. The smallest absolute Gasteiger partial charge is 0.404 e.